The normalized spacial score (nSPS) is 33.1. The molecule has 1 heterocycles. The molecule has 4 N–H and O–H groups in total. The molecule has 2 bridgehead atoms. The van der Waals surface area contributed by atoms with Crippen molar-refractivity contribution in [2.24, 2.45) is 22.2 Å². The number of rotatable bonds is 8. The number of aliphatic hydroxyl groups excluding tert-OH is 2. The van der Waals surface area contributed by atoms with E-state index < -0.39 is 124 Å². The van der Waals surface area contributed by atoms with E-state index >= 15 is 4.79 Å². The Bertz CT molecular complexity index is 1910. The van der Waals surface area contributed by atoms with Crippen molar-refractivity contribution in [1.82, 2.24) is 5.32 Å². The SMILES string of the molecule is COC(=O)O[C@@]12COC1C[C@H](O)[C@@]1(C)C(=O)[C@H](OC(C)=O)C3=C(C)[C@@H](OC(=O)[C@H](O)[C@@H](NC(=O)OC(C)(C)C)C(C)(C)C)C[C@@](O)([C@@H](OC(=O)c4ccccc4)[C@@H]12)C3(C)C. The molecule has 3 fully saturated rings. The molecule has 2 saturated carbocycles. The summed E-state index contributed by atoms with van der Waals surface area (Å²) in [6, 6.07) is 6.50. The maximum Gasteiger partial charge on any atom is 0.508 e. The number of hydrogen-bond acceptors (Lipinski definition) is 16. The van der Waals surface area contributed by atoms with Gasteiger partial charge in [-0.05, 0) is 63.3 Å². The Morgan fingerprint density at radius 2 is 1.58 bits per heavy atom. The molecule has 1 unspecified atom stereocenters. The number of alkyl carbamates (subject to hydrolysis) is 1. The highest BCUT2D eigenvalue weighted by Crippen LogP contribution is 2.64. The molecule has 17 heteroatoms. The second kappa shape index (κ2) is 16.0. The quantitative estimate of drug-likeness (QED) is 0.166. The molecule has 3 aliphatic carbocycles. The summed E-state index contributed by atoms with van der Waals surface area (Å²) in [5.41, 5.74) is -9.78. The van der Waals surface area contributed by atoms with Crippen LogP contribution in [-0.2, 0) is 47.5 Å². The highest BCUT2D eigenvalue weighted by Gasteiger charge is 2.78. The zero-order valence-electron chi connectivity index (χ0n) is 36.3. The van der Waals surface area contributed by atoms with Gasteiger partial charge in [0.1, 0.15) is 29.5 Å². The van der Waals surface area contributed by atoms with Crippen LogP contribution in [0, 0.1) is 22.2 Å². The molecule has 0 spiro atoms. The topological polar surface area (TPSA) is 240 Å². The van der Waals surface area contributed by atoms with Gasteiger partial charge in [-0.2, -0.15) is 0 Å². The van der Waals surface area contributed by atoms with Gasteiger partial charge in [-0.1, -0.05) is 52.8 Å². The van der Waals surface area contributed by atoms with E-state index in [0.29, 0.717) is 0 Å². The lowest BCUT2D eigenvalue weighted by molar-refractivity contribution is -0.344. The molecule has 0 radical (unpaired) electrons. The van der Waals surface area contributed by atoms with Crippen molar-refractivity contribution in [3.05, 3.63) is 47.0 Å². The average molecular weight is 846 g/mol. The second-order valence-electron chi connectivity index (χ2n) is 19.1. The van der Waals surface area contributed by atoms with Gasteiger partial charge < -0.3 is 53.8 Å². The number of ketones is 1. The molecule has 1 saturated heterocycles. The number of carbonyl (C=O) groups excluding carboxylic acids is 6. The van der Waals surface area contributed by atoms with Crippen LogP contribution in [0.1, 0.15) is 99.4 Å². The van der Waals surface area contributed by atoms with E-state index in [0.717, 1.165) is 14.0 Å². The molecule has 332 valence electrons. The Morgan fingerprint density at radius 3 is 2.10 bits per heavy atom. The minimum Gasteiger partial charge on any atom is -0.456 e. The third-order valence-corrected chi connectivity index (χ3v) is 12.7. The zero-order valence-corrected chi connectivity index (χ0v) is 36.3. The maximum absolute atomic E-state index is 15.4. The first kappa shape index (κ1) is 46.5. The summed E-state index contributed by atoms with van der Waals surface area (Å²) in [7, 11) is 1.07. The fraction of sp³-hybridized carbons (Fsp3) is 0.674. The molecular weight excluding hydrogens is 786 g/mol. The van der Waals surface area contributed by atoms with Gasteiger partial charge in [0, 0.05) is 25.2 Å². The summed E-state index contributed by atoms with van der Waals surface area (Å²) in [6.45, 7) is 16.6. The summed E-state index contributed by atoms with van der Waals surface area (Å²) >= 11 is 0. The third kappa shape index (κ3) is 8.00. The van der Waals surface area contributed by atoms with Crippen molar-refractivity contribution in [1.29, 1.82) is 0 Å². The average Bonchev–Trinajstić information content (AvgIpc) is 3.13. The Kier molecular flexibility index (Phi) is 12.4. The van der Waals surface area contributed by atoms with Gasteiger partial charge in [-0.15, -0.1) is 0 Å². The van der Waals surface area contributed by atoms with E-state index in [-0.39, 0.29) is 29.7 Å². The summed E-state index contributed by atoms with van der Waals surface area (Å²) in [4.78, 5) is 82.7. The number of methoxy groups -OCH3 is 1. The molecule has 1 aromatic carbocycles. The molecule has 1 aromatic rings. The number of fused-ring (bicyclic) bond motifs is 5. The van der Waals surface area contributed by atoms with Crippen LogP contribution in [0.15, 0.2) is 41.5 Å². The van der Waals surface area contributed by atoms with Gasteiger partial charge in [0.15, 0.2) is 23.6 Å². The first-order valence-electron chi connectivity index (χ1n) is 19.9. The monoisotopic (exact) mass is 845 g/mol. The van der Waals surface area contributed by atoms with Crippen LogP contribution >= 0.6 is 0 Å². The smallest absolute Gasteiger partial charge is 0.456 e. The maximum atomic E-state index is 15.4. The Morgan fingerprint density at radius 1 is 0.967 bits per heavy atom. The lowest BCUT2D eigenvalue weighted by Gasteiger charge is -2.67. The van der Waals surface area contributed by atoms with E-state index in [1.807, 2.05) is 0 Å². The second-order valence-corrected chi connectivity index (χ2v) is 19.1. The number of Topliss-reactive ketones (excluding diaryl/α,β-unsaturated/α-hetero) is 1. The van der Waals surface area contributed by atoms with Gasteiger partial charge in [0.2, 0.25) is 0 Å². The van der Waals surface area contributed by atoms with Crippen molar-refractivity contribution in [3.63, 3.8) is 0 Å². The Balaban J connectivity index is 1.74. The van der Waals surface area contributed by atoms with E-state index in [2.05, 4.69) is 5.32 Å². The molecule has 60 heavy (non-hydrogen) atoms. The predicted octanol–water partition coefficient (Wildman–Crippen LogP) is 3.72. The van der Waals surface area contributed by atoms with E-state index in [1.54, 1.807) is 59.7 Å². The van der Waals surface area contributed by atoms with Crippen LogP contribution < -0.4 is 5.32 Å². The van der Waals surface area contributed by atoms with E-state index in [1.165, 1.54) is 39.8 Å². The lowest BCUT2D eigenvalue weighted by Crippen LogP contribution is -2.82. The van der Waals surface area contributed by atoms with Gasteiger partial charge in [0.05, 0.1) is 42.8 Å². The van der Waals surface area contributed by atoms with Crippen LogP contribution in [-0.4, -0.2) is 124 Å². The fourth-order valence-electron chi connectivity index (χ4n) is 9.50. The molecule has 11 atom stereocenters. The van der Waals surface area contributed by atoms with Gasteiger partial charge in [-0.25, -0.2) is 19.2 Å². The molecule has 5 rings (SSSR count). The van der Waals surface area contributed by atoms with Crippen LogP contribution in [0.25, 0.3) is 0 Å². The molecule has 1 amide bonds. The zero-order chi connectivity index (χ0) is 45.1. The number of ether oxygens (including phenoxy) is 7. The first-order valence-corrected chi connectivity index (χ1v) is 19.9. The van der Waals surface area contributed by atoms with Crippen LogP contribution in [0.2, 0.25) is 0 Å². The van der Waals surface area contributed by atoms with Crippen molar-refractivity contribution in [2.75, 3.05) is 13.7 Å². The number of nitrogens with one attached hydrogen (secondary N) is 1. The number of carbonyl (C=O) groups is 6. The van der Waals surface area contributed by atoms with Crippen molar-refractivity contribution in [3.8, 4) is 0 Å². The van der Waals surface area contributed by atoms with Crippen LogP contribution in [0.5, 0.6) is 0 Å². The third-order valence-electron chi connectivity index (χ3n) is 12.7. The minimum atomic E-state index is -2.42. The molecule has 17 nitrogen and oxygen atoms in total. The number of hydrogen-bond donors (Lipinski definition) is 4. The first-order chi connectivity index (χ1) is 27.6. The van der Waals surface area contributed by atoms with E-state index in [9.17, 15) is 39.3 Å². The highest BCUT2D eigenvalue weighted by molar-refractivity contribution is 5.95. The lowest BCUT2D eigenvalue weighted by atomic mass is 9.44. The molecule has 1 aliphatic heterocycles. The number of aliphatic hydroxyl groups is 3. The van der Waals surface area contributed by atoms with Gasteiger partial charge >= 0.3 is 30.2 Å². The summed E-state index contributed by atoms with van der Waals surface area (Å²) in [5.74, 6) is -5.62. The number of benzene rings is 1. The Hall–Kier alpha value is -4.58. The highest BCUT2D eigenvalue weighted by atomic mass is 16.8. The fourth-order valence-corrected chi connectivity index (χ4v) is 9.50. The molecule has 0 aromatic heterocycles. The summed E-state index contributed by atoms with van der Waals surface area (Å²) in [5, 5.41) is 39.8. The predicted molar refractivity (Wildman–Crippen MR) is 209 cm³/mol. The van der Waals surface area contributed by atoms with Crippen LogP contribution in [0.4, 0.5) is 9.59 Å². The minimum absolute atomic E-state index is 0.0226. The van der Waals surface area contributed by atoms with E-state index in [4.69, 9.17) is 33.2 Å². The molecular formula is C43H59NO16. The standard InChI is InChI=1S/C43H59NO16/c1-21-24(57-35(50)28(47)31(38(3,4)5)44-36(51)59-39(6,7)8)19-43(53)33(58-34(49)23-16-14-13-15-17-23)30-41(11,32(48)29(56-22(2)45)27(21)40(43,9)10)25(46)18-26-42(30,20-55-26)60-37(52)54-12/h13-17,24-26,28-31,33,46-47,53H,18-20H2,1-12H3,(H,44,51)/t24-,25-,26?,28+,29+,30-,31+,33-,41+,42-,43+/m0/s1. The molecule has 4 aliphatic rings. The number of esters is 3. The van der Waals surface area contributed by atoms with Crippen molar-refractivity contribution < 1.29 is 77.2 Å². The number of amides is 1. The largest absolute Gasteiger partial charge is 0.508 e. The summed E-state index contributed by atoms with van der Waals surface area (Å²) < 4.78 is 40.3. The van der Waals surface area contributed by atoms with Crippen molar-refractivity contribution >= 4 is 35.9 Å². The van der Waals surface area contributed by atoms with Crippen LogP contribution in [0.3, 0.4) is 0 Å². The summed E-state index contributed by atoms with van der Waals surface area (Å²) in [6.07, 6.45) is -12.8. The Labute approximate surface area is 349 Å². The van der Waals surface area contributed by atoms with Crippen molar-refractivity contribution in [2.45, 2.75) is 148 Å². The van der Waals surface area contributed by atoms with Gasteiger partial charge in [0.25, 0.3) is 0 Å². The van der Waals surface area contributed by atoms with Gasteiger partial charge in [-0.3, -0.25) is 9.59 Å².